The van der Waals surface area contributed by atoms with Crippen molar-refractivity contribution in [3.63, 3.8) is 0 Å². The minimum atomic E-state index is -1.24. The first-order valence-corrected chi connectivity index (χ1v) is 16.6. The maximum Gasteiger partial charge on any atom is 0.301 e. The van der Waals surface area contributed by atoms with Crippen LogP contribution in [0, 0.1) is 0 Å². The number of aromatic nitrogens is 3. The van der Waals surface area contributed by atoms with Gasteiger partial charge in [0.25, 0.3) is 0 Å². The molecule has 4 heterocycles. The van der Waals surface area contributed by atoms with Gasteiger partial charge in [-0.25, -0.2) is 4.98 Å². The molecule has 2 fully saturated rings. The summed E-state index contributed by atoms with van der Waals surface area (Å²) >= 11 is 10.1. The highest BCUT2D eigenvalue weighted by Crippen LogP contribution is 2.34. The average molecular weight is 583 g/mol. The minimum absolute atomic E-state index is 0.235. The van der Waals surface area contributed by atoms with Gasteiger partial charge in [0.2, 0.25) is 0 Å². The average Bonchev–Trinajstić information content (AvgIpc) is 3.46. The molecule has 0 aliphatic carbocycles. The normalized spacial score (nSPS) is 24.3. The van der Waals surface area contributed by atoms with Gasteiger partial charge in [0.15, 0.2) is 11.8 Å². The Morgan fingerprint density at radius 2 is 1.89 bits per heavy atom. The Morgan fingerprint density at radius 1 is 1.14 bits per heavy atom. The number of ether oxygens (including phenoxy) is 4. The van der Waals surface area contributed by atoms with Crippen molar-refractivity contribution in [2.45, 2.75) is 56.8 Å². The minimum Gasteiger partial charge on any atom is -0.456 e. The molecule has 4 atom stereocenters. The molecule has 2 unspecified atom stereocenters. The first kappa shape index (κ1) is 25.1. The van der Waals surface area contributed by atoms with Crippen LogP contribution in [0.4, 0.5) is 0 Å². The van der Waals surface area contributed by atoms with Gasteiger partial charge in [-0.05, 0) is 24.2 Å². The van der Waals surface area contributed by atoms with Crippen LogP contribution in [0.25, 0.3) is 22.4 Å². The van der Waals surface area contributed by atoms with Crippen molar-refractivity contribution in [2.24, 2.45) is 0 Å². The smallest absolute Gasteiger partial charge is 0.301 e. The number of rotatable bonds is 8. The van der Waals surface area contributed by atoms with Crippen LogP contribution in [-0.2, 0) is 20.9 Å². The molecular formula is C24H29BrClN3O5Si. The number of aliphatic hydroxyl groups excluding tert-OH is 1. The van der Waals surface area contributed by atoms with E-state index in [1.165, 1.54) is 0 Å². The molecule has 2 aromatic heterocycles. The number of benzene rings is 1. The van der Waals surface area contributed by atoms with Crippen molar-refractivity contribution in [3.8, 4) is 17.3 Å². The van der Waals surface area contributed by atoms with Gasteiger partial charge in [-0.1, -0.05) is 59.3 Å². The van der Waals surface area contributed by atoms with Crippen molar-refractivity contribution >= 4 is 46.8 Å². The lowest BCUT2D eigenvalue weighted by molar-refractivity contribution is 0.00336. The molecule has 0 bridgehead atoms. The van der Waals surface area contributed by atoms with Gasteiger partial charge in [-0.15, -0.1) is 0 Å². The van der Waals surface area contributed by atoms with E-state index in [4.69, 9.17) is 35.5 Å². The summed E-state index contributed by atoms with van der Waals surface area (Å²) in [5.41, 5.74) is 2.80. The second-order valence-corrected chi connectivity index (χ2v) is 17.1. The molecule has 0 saturated carbocycles. The van der Waals surface area contributed by atoms with E-state index in [9.17, 15) is 5.11 Å². The lowest BCUT2D eigenvalue weighted by atomic mass is 10.1. The number of halogens is 2. The predicted molar refractivity (Wildman–Crippen MR) is 140 cm³/mol. The van der Waals surface area contributed by atoms with Crippen molar-refractivity contribution in [2.75, 3.05) is 19.8 Å². The molecule has 0 spiro atoms. The van der Waals surface area contributed by atoms with Crippen LogP contribution in [0.1, 0.15) is 0 Å². The Hall–Kier alpha value is -1.53. The topological polar surface area (TPSA) is 87.9 Å². The van der Waals surface area contributed by atoms with Crippen LogP contribution in [0.2, 0.25) is 30.7 Å². The van der Waals surface area contributed by atoms with Crippen molar-refractivity contribution in [1.29, 1.82) is 0 Å². The molecule has 11 heteroatoms. The van der Waals surface area contributed by atoms with E-state index in [2.05, 4.69) is 40.6 Å². The van der Waals surface area contributed by atoms with Gasteiger partial charge in [-0.3, -0.25) is 4.57 Å². The number of nitrogens with zero attached hydrogens (tertiary/aromatic N) is 3. The zero-order valence-corrected chi connectivity index (χ0v) is 23.3. The van der Waals surface area contributed by atoms with Crippen molar-refractivity contribution in [3.05, 3.63) is 39.8 Å². The monoisotopic (exact) mass is 581 g/mol. The maximum absolute atomic E-state index is 10.1. The highest BCUT2D eigenvalue weighted by atomic mass is 79.9. The largest absolute Gasteiger partial charge is 0.456 e. The fraction of sp³-hybridized carbons (Fsp3) is 0.500. The van der Waals surface area contributed by atoms with E-state index in [0.29, 0.717) is 41.1 Å². The maximum atomic E-state index is 10.1. The third-order valence-electron chi connectivity index (χ3n) is 6.21. The Kier molecular flexibility index (Phi) is 7.24. The highest BCUT2D eigenvalue weighted by molar-refractivity contribution is 9.10. The fourth-order valence-corrected chi connectivity index (χ4v) is 5.51. The third kappa shape index (κ3) is 5.43. The number of fused-ring (bicyclic) bond motifs is 2. The molecule has 1 N–H and O–H groups in total. The number of aliphatic hydroxyl groups is 1. The molecule has 1 aromatic carbocycles. The van der Waals surface area contributed by atoms with Crippen LogP contribution in [0.3, 0.4) is 0 Å². The van der Waals surface area contributed by atoms with E-state index in [-0.39, 0.29) is 25.5 Å². The predicted octanol–water partition coefficient (Wildman–Crippen LogP) is 4.73. The summed E-state index contributed by atoms with van der Waals surface area (Å²) in [4.78, 5) is 9.56. The summed E-state index contributed by atoms with van der Waals surface area (Å²) in [5.74, 6) is 0. The lowest BCUT2D eigenvalue weighted by Gasteiger charge is -2.19. The van der Waals surface area contributed by atoms with E-state index < -0.39 is 20.3 Å². The van der Waals surface area contributed by atoms with Crippen LogP contribution >= 0.6 is 27.5 Å². The Bertz CT molecular complexity index is 1200. The Balaban J connectivity index is 1.47. The van der Waals surface area contributed by atoms with Gasteiger partial charge in [0.1, 0.15) is 30.6 Å². The lowest BCUT2D eigenvalue weighted by Crippen LogP contribution is -2.35. The molecule has 0 amide bonds. The zero-order chi connectivity index (χ0) is 24.7. The summed E-state index contributed by atoms with van der Waals surface area (Å²) in [6.45, 7) is 8.39. The number of pyridine rings is 1. The fourth-order valence-electron chi connectivity index (χ4n) is 4.24. The molecule has 8 nitrogen and oxygen atoms in total. The second-order valence-electron chi connectivity index (χ2n) is 10.2. The van der Waals surface area contributed by atoms with Gasteiger partial charge in [-0.2, -0.15) is 4.98 Å². The summed E-state index contributed by atoms with van der Waals surface area (Å²) in [5, 5.41) is 10.6. The standard InChI is InChI=1S/C24H29BrClN3O5Si/c1-35(2,3)9-8-31-13-29-23-17(10-16(26)20(28-23)14-4-6-15(25)7-5-14)27-24(29)34-19-12-33-21-18(30)11-32-22(19)21/h4-7,10,18-19,21-22,30H,8-9,11-13H2,1-3H3/t18?,19?,21-,22-/m1/s1. The molecule has 2 aliphatic rings. The highest BCUT2D eigenvalue weighted by Gasteiger charge is 2.48. The molecule has 3 aromatic rings. The molecule has 188 valence electrons. The zero-order valence-electron chi connectivity index (χ0n) is 19.9. The number of imidazole rings is 1. The van der Waals surface area contributed by atoms with Crippen LogP contribution in [0.15, 0.2) is 34.8 Å². The number of hydrogen-bond donors (Lipinski definition) is 1. The van der Waals surface area contributed by atoms with Crippen LogP contribution in [0.5, 0.6) is 6.01 Å². The van der Waals surface area contributed by atoms with Crippen LogP contribution < -0.4 is 4.74 Å². The van der Waals surface area contributed by atoms with E-state index in [1.807, 2.05) is 28.8 Å². The molecule has 0 radical (unpaired) electrons. The van der Waals surface area contributed by atoms with Gasteiger partial charge in [0, 0.05) is 24.7 Å². The Labute approximate surface area is 218 Å². The third-order valence-corrected chi connectivity index (χ3v) is 8.73. The van der Waals surface area contributed by atoms with E-state index in [0.717, 1.165) is 16.1 Å². The first-order valence-electron chi connectivity index (χ1n) is 11.7. The quantitative estimate of drug-likeness (QED) is 0.303. The summed E-state index contributed by atoms with van der Waals surface area (Å²) in [7, 11) is -1.24. The second kappa shape index (κ2) is 10.1. The van der Waals surface area contributed by atoms with E-state index >= 15 is 0 Å². The first-order chi connectivity index (χ1) is 16.7. The van der Waals surface area contributed by atoms with Crippen molar-refractivity contribution < 1.29 is 24.1 Å². The van der Waals surface area contributed by atoms with E-state index in [1.54, 1.807) is 6.07 Å². The summed E-state index contributed by atoms with van der Waals surface area (Å²) < 4.78 is 26.6. The van der Waals surface area contributed by atoms with Gasteiger partial charge >= 0.3 is 6.01 Å². The molecule has 2 saturated heterocycles. The van der Waals surface area contributed by atoms with Gasteiger partial charge in [0.05, 0.1) is 23.9 Å². The van der Waals surface area contributed by atoms with Crippen LogP contribution in [-0.4, -0.2) is 72.0 Å². The molecule has 5 rings (SSSR count). The molecule has 35 heavy (non-hydrogen) atoms. The molecule has 2 aliphatic heterocycles. The van der Waals surface area contributed by atoms with Crippen molar-refractivity contribution in [1.82, 2.24) is 14.5 Å². The summed E-state index contributed by atoms with van der Waals surface area (Å²) in [6, 6.07) is 11.0. The SMILES string of the molecule is C[Si](C)(C)CCOCn1c(OC2CO[C@@H]3C(O)CO[C@H]23)nc2cc(Cl)c(-c3ccc(Br)cc3)nc21. The Morgan fingerprint density at radius 3 is 2.63 bits per heavy atom. The summed E-state index contributed by atoms with van der Waals surface area (Å²) in [6.07, 6.45) is -1.77. The molecular weight excluding hydrogens is 554 g/mol. The van der Waals surface area contributed by atoms with Gasteiger partial charge < -0.3 is 24.1 Å². The number of hydrogen-bond acceptors (Lipinski definition) is 7.